The average Bonchev–Trinajstić information content (AvgIpc) is 2.57. The van der Waals surface area contributed by atoms with Crippen LogP contribution in [0.1, 0.15) is 25.0 Å². The molecular formula is C20H26N2O3S. The quantitative estimate of drug-likeness (QED) is 0.886. The largest absolute Gasteiger partial charge is 0.375 e. The second kappa shape index (κ2) is 7.29. The van der Waals surface area contributed by atoms with Crippen LogP contribution in [0, 0.1) is 13.8 Å². The number of nitrogens with one attached hydrogen (secondary N) is 1. The first-order valence-electron chi connectivity index (χ1n) is 8.84. The molecule has 0 saturated carbocycles. The SMILES string of the molecule is Cc1ccc(S(=O)(=O)Nc2ccc(N3CC(C)OCC3C)cc2)c(C)c1. The highest BCUT2D eigenvalue weighted by Crippen LogP contribution is 2.25. The number of morpholine rings is 1. The Kier molecular flexibility index (Phi) is 5.25. The normalized spacial score (nSPS) is 20.8. The van der Waals surface area contributed by atoms with Crippen LogP contribution in [0.3, 0.4) is 0 Å². The highest BCUT2D eigenvalue weighted by atomic mass is 32.2. The Balaban J connectivity index is 1.78. The Hall–Kier alpha value is -2.05. The molecule has 1 fully saturated rings. The van der Waals surface area contributed by atoms with Gasteiger partial charge >= 0.3 is 0 Å². The molecule has 140 valence electrons. The fraction of sp³-hybridized carbons (Fsp3) is 0.400. The highest BCUT2D eigenvalue weighted by molar-refractivity contribution is 7.92. The first-order chi connectivity index (χ1) is 12.3. The van der Waals surface area contributed by atoms with Crippen LogP contribution in [-0.4, -0.2) is 33.7 Å². The standard InChI is InChI=1S/C20H26N2O3S/c1-14-5-10-20(15(2)11-14)26(23,24)21-18-6-8-19(9-7-18)22-12-17(4)25-13-16(22)3/h5-11,16-17,21H,12-13H2,1-4H3. The summed E-state index contributed by atoms with van der Waals surface area (Å²) >= 11 is 0. The second-order valence-corrected chi connectivity index (χ2v) is 8.72. The molecule has 2 unspecified atom stereocenters. The minimum absolute atomic E-state index is 0.189. The van der Waals surface area contributed by atoms with Crippen LogP contribution in [0.5, 0.6) is 0 Å². The molecule has 26 heavy (non-hydrogen) atoms. The average molecular weight is 375 g/mol. The summed E-state index contributed by atoms with van der Waals surface area (Å²) in [7, 11) is -3.60. The molecule has 1 N–H and O–H groups in total. The van der Waals surface area contributed by atoms with Gasteiger partial charge in [0.1, 0.15) is 0 Å². The summed E-state index contributed by atoms with van der Waals surface area (Å²) in [6, 6.07) is 13.2. The van der Waals surface area contributed by atoms with E-state index < -0.39 is 10.0 Å². The van der Waals surface area contributed by atoms with Gasteiger partial charge in [-0.05, 0) is 63.6 Å². The summed E-state index contributed by atoms with van der Waals surface area (Å²) < 4.78 is 33.7. The van der Waals surface area contributed by atoms with Crippen LogP contribution in [0.15, 0.2) is 47.4 Å². The Morgan fingerprint density at radius 1 is 1.08 bits per heavy atom. The van der Waals surface area contributed by atoms with Gasteiger partial charge < -0.3 is 9.64 Å². The van der Waals surface area contributed by atoms with E-state index in [-0.39, 0.29) is 6.10 Å². The van der Waals surface area contributed by atoms with Crippen molar-refractivity contribution in [2.75, 3.05) is 22.8 Å². The number of ether oxygens (including phenoxy) is 1. The van der Waals surface area contributed by atoms with Gasteiger partial charge in [-0.15, -0.1) is 0 Å². The third kappa shape index (κ3) is 4.02. The van der Waals surface area contributed by atoms with Gasteiger partial charge in [0.25, 0.3) is 10.0 Å². The maximum atomic E-state index is 12.7. The molecule has 1 heterocycles. The summed E-state index contributed by atoms with van der Waals surface area (Å²) in [6.45, 7) is 9.47. The van der Waals surface area contributed by atoms with E-state index in [1.807, 2.05) is 50.2 Å². The molecule has 0 amide bonds. The number of aryl methyl sites for hydroxylation is 2. The molecule has 1 aliphatic heterocycles. The van der Waals surface area contributed by atoms with Crippen LogP contribution >= 0.6 is 0 Å². The highest BCUT2D eigenvalue weighted by Gasteiger charge is 2.24. The van der Waals surface area contributed by atoms with Crippen molar-refractivity contribution in [1.29, 1.82) is 0 Å². The number of nitrogens with zero attached hydrogens (tertiary/aromatic N) is 1. The van der Waals surface area contributed by atoms with Crippen LogP contribution in [-0.2, 0) is 14.8 Å². The van der Waals surface area contributed by atoms with Crippen molar-refractivity contribution in [2.45, 2.75) is 44.7 Å². The Morgan fingerprint density at radius 3 is 2.42 bits per heavy atom. The molecule has 0 aromatic heterocycles. The van der Waals surface area contributed by atoms with Gasteiger partial charge in [-0.2, -0.15) is 0 Å². The lowest BCUT2D eigenvalue weighted by Gasteiger charge is -2.38. The lowest BCUT2D eigenvalue weighted by Crippen LogP contribution is -2.47. The van der Waals surface area contributed by atoms with Crippen molar-refractivity contribution in [3.8, 4) is 0 Å². The van der Waals surface area contributed by atoms with Crippen molar-refractivity contribution in [1.82, 2.24) is 0 Å². The number of hydrogen-bond acceptors (Lipinski definition) is 4. The molecule has 0 radical (unpaired) electrons. The molecule has 0 bridgehead atoms. The summed E-state index contributed by atoms with van der Waals surface area (Å²) in [5, 5.41) is 0. The topological polar surface area (TPSA) is 58.6 Å². The van der Waals surface area contributed by atoms with Crippen LogP contribution in [0.2, 0.25) is 0 Å². The number of rotatable bonds is 4. The van der Waals surface area contributed by atoms with E-state index in [0.717, 1.165) is 23.4 Å². The molecule has 2 atom stereocenters. The summed E-state index contributed by atoms with van der Waals surface area (Å²) in [4.78, 5) is 2.60. The van der Waals surface area contributed by atoms with E-state index in [4.69, 9.17) is 4.74 Å². The summed E-state index contributed by atoms with van der Waals surface area (Å²) in [5.74, 6) is 0. The third-order valence-electron chi connectivity index (χ3n) is 4.68. The van der Waals surface area contributed by atoms with Gasteiger partial charge in [0.2, 0.25) is 0 Å². The molecular weight excluding hydrogens is 348 g/mol. The van der Waals surface area contributed by atoms with E-state index in [1.54, 1.807) is 6.07 Å². The van der Waals surface area contributed by atoms with Crippen molar-refractivity contribution < 1.29 is 13.2 Å². The summed E-state index contributed by atoms with van der Waals surface area (Å²) in [6.07, 6.45) is 0.189. The molecule has 0 spiro atoms. The Bertz CT molecular complexity index is 878. The molecule has 0 aliphatic carbocycles. The monoisotopic (exact) mass is 374 g/mol. The van der Waals surface area contributed by atoms with Crippen LogP contribution in [0.4, 0.5) is 11.4 Å². The minimum Gasteiger partial charge on any atom is -0.375 e. The first kappa shape index (κ1) is 18.7. The molecule has 2 aromatic carbocycles. The maximum Gasteiger partial charge on any atom is 0.262 e. The van der Waals surface area contributed by atoms with Gasteiger partial charge in [-0.3, -0.25) is 4.72 Å². The molecule has 2 aromatic rings. The third-order valence-corrected chi connectivity index (χ3v) is 6.22. The number of benzene rings is 2. The molecule has 1 aliphatic rings. The second-order valence-electron chi connectivity index (χ2n) is 7.07. The van der Waals surface area contributed by atoms with E-state index in [2.05, 4.69) is 23.5 Å². The zero-order valence-corrected chi connectivity index (χ0v) is 16.5. The van der Waals surface area contributed by atoms with E-state index in [1.165, 1.54) is 0 Å². The maximum absolute atomic E-state index is 12.7. The van der Waals surface area contributed by atoms with Gasteiger partial charge in [0, 0.05) is 24.0 Å². The molecule has 3 rings (SSSR count). The van der Waals surface area contributed by atoms with E-state index >= 15 is 0 Å². The molecule has 6 heteroatoms. The van der Waals surface area contributed by atoms with Crippen molar-refractivity contribution in [3.63, 3.8) is 0 Å². The van der Waals surface area contributed by atoms with E-state index in [9.17, 15) is 8.42 Å². The van der Waals surface area contributed by atoms with Gasteiger partial charge in [0.05, 0.1) is 17.6 Å². The predicted molar refractivity (Wildman–Crippen MR) is 105 cm³/mol. The zero-order valence-electron chi connectivity index (χ0n) is 15.7. The minimum atomic E-state index is -3.60. The zero-order chi connectivity index (χ0) is 18.9. The van der Waals surface area contributed by atoms with Gasteiger partial charge in [-0.25, -0.2) is 8.42 Å². The number of anilines is 2. The molecule has 1 saturated heterocycles. The Morgan fingerprint density at radius 2 is 1.77 bits per heavy atom. The van der Waals surface area contributed by atoms with Crippen molar-refractivity contribution in [2.24, 2.45) is 0 Å². The fourth-order valence-corrected chi connectivity index (χ4v) is 4.58. The fourth-order valence-electron chi connectivity index (χ4n) is 3.29. The lowest BCUT2D eigenvalue weighted by atomic mass is 10.1. The predicted octanol–water partition coefficient (Wildman–Crippen LogP) is 3.72. The van der Waals surface area contributed by atoms with Gasteiger partial charge in [-0.1, -0.05) is 17.7 Å². The van der Waals surface area contributed by atoms with E-state index in [0.29, 0.717) is 23.2 Å². The van der Waals surface area contributed by atoms with Crippen molar-refractivity contribution >= 4 is 21.4 Å². The van der Waals surface area contributed by atoms with Gasteiger partial charge in [0.15, 0.2) is 0 Å². The summed E-state index contributed by atoms with van der Waals surface area (Å²) in [5.41, 5.74) is 3.41. The van der Waals surface area contributed by atoms with Crippen molar-refractivity contribution in [3.05, 3.63) is 53.6 Å². The first-order valence-corrected chi connectivity index (χ1v) is 10.3. The number of hydrogen-bond donors (Lipinski definition) is 1. The van der Waals surface area contributed by atoms with Crippen LogP contribution in [0.25, 0.3) is 0 Å². The number of sulfonamides is 1. The Labute approximate surface area is 156 Å². The van der Waals surface area contributed by atoms with Crippen LogP contribution < -0.4 is 9.62 Å². The smallest absolute Gasteiger partial charge is 0.262 e. The lowest BCUT2D eigenvalue weighted by molar-refractivity contribution is 0.0344. The molecule has 5 nitrogen and oxygen atoms in total.